The smallest absolute Gasteiger partial charge is 0.138 e. The Hall–Kier alpha value is -6.71. The number of anilines is 3. The van der Waals surface area contributed by atoms with Crippen LogP contribution in [0.2, 0.25) is 0 Å². The van der Waals surface area contributed by atoms with E-state index in [4.69, 9.17) is 9.40 Å². The molecule has 0 spiro atoms. The Balaban J connectivity index is 1.17. The Labute approximate surface area is 289 Å². The van der Waals surface area contributed by atoms with Crippen LogP contribution in [0.5, 0.6) is 0 Å². The molecule has 0 atom stereocenters. The lowest BCUT2D eigenvalue weighted by atomic mass is 9.97. The van der Waals surface area contributed by atoms with Crippen LogP contribution in [-0.4, -0.2) is 4.98 Å². The third-order valence-corrected chi connectivity index (χ3v) is 9.84. The molecule has 2 aromatic heterocycles. The topological polar surface area (TPSA) is 29.3 Å². The summed E-state index contributed by atoms with van der Waals surface area (Å²) >= 11 is 0. The SMILES string of the molecule is c1cc(-c2cccc3ccccc23)cc(N(c2cccc(-c3cccc4ccccc34)c2)c2cc3cc4oc5ccccc5c4cc3cn2)c1. The number of furan rings is 1. The average molecular weight is 639 g/mol. The van der Waals surface area contributed by atoms with Gasteiger partial charge in [-0.15, -0.1) is 0 Å². The van der Waals surface area contributed by atoms with Crippen molar-refractivity contribution in [3.63, 3.8) is 0 Å². The summed E-state index contributed by atoms with van der Waals surface area (Å²) in [5.74, 6) is 0.832. The summed E-state index contributed by atoms with van der Waals surface area (Å²) in [7, 11) is 0. The molecule has 0 unspecified atom stereocenters. The molecule has 50 heavy (non-hydrogen) atoms. The maximum atomic E-state index is 6.30. The van der Waals surface area contributed by atoms with Gasteiger partial charge in [-0.05, 0) is 97.7 Å². The van der Waals surface area contributed by atoms with Crippen LogP contribution in [0, 0.1) is 0 Å². The van der Waals surface area contributed by atoms with E-state index in [9.17, 15) is 0 Å². The number of rotatable bonds is 5. The molecule has 0 aliphatic carbocycles. The minimum Gasteiger partial charge on any atom is -0.456 e. The van der Waals surface area contributed by atoms with Crippen LogP contribution >= 0.6 is 0 Å². The average Bonchev–Trinajstić information content (AvgIpc) is 3.54. The predicted octanol–water partition coefficient (Wildman–Crippen LogP) is 13.2. The van der Waals surface area contributed by atoms with Gasteiger partial charge in [0.05, 0.1) is 0 Å². The quantitative estimate of drug-likeness (QED) is 0.188. The first kappa shape index (κ1) is 28.3. The van der Waals surface area contributed by atoms with Gasteiger partial charge in [-0.25, -0.2) is 4.98 Å². The Morgan fingerprint density at radius 2 is 0.940 bits per heavy atom. The molecule has 0 aliphatic heterocycles. The van der Waals surface area contributed by atoms with Crippen LogP contribution in [0.1, 0.15) is 0 Å². The van der Waals surface area contributed by atoms with Gasteiger partial charge in [0.2, 0.25) is 0 Å². The van der Waals surface area contributed by atoms with Gasteiger partial charge in [0.25, 0.3) is 0 Å². The first-order valence-electron chi connectivity index (χ1n) is 16.9. The number of para-hydroxylation sites is 1. The summed E-state index contributed by atoms with van der Waals surface area (Å²) in [5.41, 5.74) is 8.53. The van der Waals surface area contributed by atoms with Crippen molar-refractivity contribution >= 4 is 71.4 Å². The number of fused-ring (bicyclic) bond motifs is 6. The molecule has 0 aliphatic rings. The zero-order valence-electron chi connectivity index (χ0n) is 27.1. The van der Waals surface area contributed by atoms with Crippen molar-refractivity contribution in [2.45, 2.75) is 0 Å². The second-order valence-corrected chi connectivity index (χ2v) is 12.8. The van der Waals surface area contributed by atoms with E-state index in [1.165, 1.54) is 32.7 Å². The van der Waals surface area contributed by atoms with E-state index in [0.717, 1.165) is 61.0 Å². The minimum absolute atomic E-state index is 0.832. The first-order valence-corrected chi connectivity index (χ1v) is 16.9. The van der Waals surface area contributed by atoms with E-state index in [1.807, 2.05) is 18.3 Å². The molecular formula is C47H30N2O. The molecule has 10 rings (SSSR count). The fraction of sp³-hybridized carbons (Fsp3) is 0. The molecule has 3 heteroatoms. The second-order valence-electron chi connectivity index (χ2n) is 12.8. The van der Waals surface area contributed by atoms with Gasteiger partial charge in [-0.3, -0.25) is 4.90 Å². The third kappa shape index (κ3) is 4.71. The van der Waals surface area contributed by atoms with Crippen LogP contribution in [-0.2, 0) is 0 Å². The lowest BCUT2D eigenvalue weighted by molar-refractivity contribution is 0.669. The van der Waals surface area contributed by atoms with E-state index >= 15 is 0 Å². The highest BCUT2D eigenvalue weighted by atomic mass is 16.3. The van der Waals surface area contributed by atoms with Gasteiger partial charge in [0.15, 0.2) is 0 Å². The summed E-state index contributed by atoms with van der Waals surface area (Å²) in [6, 6.07) is 62.5. The van der Waals surface area contributed by atoms with Crippen molar-refractivity contribution in [2.75, 3.05) is 4.90 Å². The number of nitrogens with zero attached hydrogens (tertiary/aromatic N) is 2. The van der Waals surface area contributed by atoms with E-state index < -0.39 is 0 Å². The maximum Gasteiger partial charge on any atom is 0.138 e. The molecule has 0 saturated heterocycles. The third-order valence-electron chi connectivity index (χ3n) is 9.84. The van der Waals surface area contributed by atoms with E-state index in [-0.39, 0.29) is 0 Å². The van der Waals surface area contributed by atoms with E-state index in [0.29, 0.717) is 0 Å². The summed E-state index contributed by atoms with van der Waals surface area (Å²) < 4.78 is 6.30. The van der Waals surface area contributed by atoms with Gasteiger partial charge in [0.1, 0.15) is 17.0 Å². The fourth-order valence-corrected chi connectivity index (χ4v) is 7.47. The van der Waals surface area contributed by atoms with Gasteiger partial charge >= 0.3 is 0 Å². The summed E-state index contributed by atoms with van der Waals surface area (Å²) in [4.78, 5) is 7.40. The van der Waals surface area contributed by atoms with Gasteiger partial charge < -0.3 is 4.42 Å². The molecule has 2 heterocycles. The molecule has 8 aromatic carbocycles. The molecule has 0 bridgehead atoms. The number of hydrogen-bond donors (Lipinski definition) is 0. The summed E-state index contributed by atoms with van der Waals surface area (Å²) in [5, 5.41) is 9.27. The molecule has 3 nitrogen and oxygen atoms in total. The first-order chi connectivity index (χ1) is 24.8. The van der Waals surface area contributed by atoms with E-state index in [1.54, 1.807) is 0 Å². The largest absolute Gasteiger partial charge is 0.456 e. The van der Waals surface area contributed by atoms with Gasteiger partial charge in [-0.2, -0.15) is 0 Å². The molecule has 0 fully saturated rings. The number of benzene rings is 8. The highest BCUT2D eigenvalue weighted by Crippen LogP contribution is 2.41. The van der Waals surface area contributed by atoms with E-state index in [2.05, 4.69) is 169 Å². The second kappa shape index (κ2) is 11.5. The lowest BCUT2D eigenvalue weighted by Gasteiger charge is -2.26. The molecule has 0 amide bonds. The van der Waals surface area contributed by atoms with Crippen molar-refractivity contribution in [3.05, 3.63) is 182 Å². The number of pyridine rings is 1. The molecule has 0 radical (unpaired) electrons. The normalized spacial score (nSPS) is 11.6. The van der Waals surface area contributed by atoms with Crippen LogP contribution in [0.3, 0.4) is 0 Å². The van der Waals surface area contributed by atoms with Gasteiger partial charge in [-0.1, -0.05) is 127 Å². The fourth-order valence-electron chi connectivity index (χ4n) is 7.47. The lowest BCUT2D eigenvalue weighted by Crippen LogP contribution is -2.11. The number of aromatic nitrogens is 1. The van der Waals surface area contributed by atoms with Crippen LogP contribution in [0.25, 0.3) is 76.5 Å². The summed E-state index contributed by atoms with van der Waals surface area (Å²) in [6.45, 7) is 0. The van der Waals surface area contributed by atoms with Crippen molar-refractivity contribution < 1.29 is 4.42 Å². The Morgan fingerprint density at radius 3 is 1.60 bits per heavy atom. The molecule has 234 valence electrons. The van der Waals surface area contributed by atoms with Crippen LogP contribution < -0.4 is 4.90 Å². The van der Waals surface area contributed by atoms with Crippen LogP contribution in [0.4, 0.5) is 17.2 Å². The summed E-state index contributed by atoms with van der Waals surface area (Å²) in [6.07, 6.45) is 1.99. The highest BCUT2D eigenvalue weighted by molar-refractivity contribution is 6.10. The zero-order chi connectivity index (χ0) is 33.0. The molecular weight excluding hydrogens is 609 g/mol. The van der Waals surface area contributed by atoms with Gasteiger partial charge in [0, 0.05) is 33.7 Å². The zero-order valence-corrected chi connectivity index (χ0v) is 27.1. The monoisotopic (exact) mass is 638 g/mol. The van der Waals surface area contributed by atoms with Crippen molar-refractivity contribution in [1.29, 1.82) is 0 Å². The Kier molecular flexibility index (Phi) is 6.49. The maximum absolute atomic E-state index is 6.30. The molecule has 0 N–H and O–H groups in total. The molecule has 0 saturated carbocycles. The minimum atomic E-state index is 0.832. The Bertz CT molecular complexity index is 2770. The van der Waals surface area contributed by atoms with Crippen molar-refractivity contribution in [1.82, 2.24) is 4.98 Å². The van der Waals surface area contributed by atoms with Crippen molar-refractivity contribution in [2.24, 2.45) is 0 Å². The predicted molar refractivity (Wildman–Crippen MR) is 210 cm³/mol. The van der Waals surface area contributed by atoms with Crippen LogP contribution in [0.15, 0.2) is 187 Å². The number of hydrogen-bond acceptors (Lipinski definition) is 3. The Morgan fingerprint density at radius 1 is 0.380 bits per heavy atom. The highest BCUT2D eigenvalue weighted by Gasteiger charge is 2.18. The molecule has 10 aromatic rings. The van der Waals surface area contributed by atoms with Crippen molar-refractivity contribution in [3.8, 4) is 22.3 Å². The standard InChI is InChI=1S/C47H30N2O/c1-3-19-39-31(11-1)13-9-22-41(39)33-15-7-17-37(25-33)49(38-18-8-16-34(26-38)42-23-10-14-32-12-2-4-20-40(32)42)47-29-35-28-46-44(27-36(35)30-48-47)43-21-5-6-24-45(43)50-46/h1-30H.